The van der Waals surface area contributed by atoms with E-state index in [4.69, 9.17) is 14.2 Å². The number of aromatic nitrogens is 2. The molecule has 0 aliphatic carbocycles. The molecule has 0 saturated heterocycles. The summed E-state index contributed by atoms with van der Waals surface area (Å²) in [7, 11) is 0. The Bertz CT molecular complexity index is 1140. The van der Waals surface area contributed by atoms with Gasteiger partial charge in [0.15, 0.2) is 18.1 Å². The van der Waals surface area contributed by atoms with E-state index in [-0.39, 0.29) is 5.56 Å². The number of anilines is 1. The number of carbonyl (C=O) groups excluding carboxylic acids is 2. The predicted octanol–water partition coefficient (Wildman–Crippen LogP) is 4.72. The van der Waals surface area contributed by atoms with Crippen LogP contribution in [0, 0.1) is 19.8 Å². The normalized spacial score (nSPS) is 10.8. The first kappa shape index (κ1) is 24.8. The van der Waals surface area contributed by atoms with Crippen molar-refractivity contribution in [1.29, 1.82) is 0 Å². The monoisotopic (exact) mass is 465 g/mol. The van der Waals surface area contributed by atoms with E-state index in [0.717, 1.165) is 11.4 Å². The zero-order valence-corrected chi connectivity index (χ0v) is 20.3. The van der Waals surface area contributed by atoms with Crippen LogP contribution in [0.25, 0.3) is 5.69 Å². The molecule has 3 rings (SSSR count). The molecule has 180 valence electrons. The molecule has 3 aromatic rings. The van der Waals surface area contributed by atoms with E-state index in [1.165, 1.54) is 0 Å². The van der Waals surface area contributed by atoms with Gasteiger partial charge in [0.1, 0.15) is 0 Å². The van der Waals surface area contributed by atoms with Crippen LogP contribution in [0.2, 0.25) is 0 Å². The van der Waals surface area contributed by atoms with Gasteiger partial charge in [-0.15, -0.1) is 0 Å². The van der Waals surface area contributed by atoms with Crippen LogP contribution in [0.5, 0.6) is 11.5 Å². The fourth-order valence-electron chi connectivity index (χ4n) is 3.31. The summed E-state index contributed by atoms with van der Waals surface area (Å²) < 4.78 is 18.4. The maximum Gasteiger partial charge on any atom is 0.338 e. The largest absolute Gasteiger partial charge is 0.490 e. The van der Waals surface area contributed by atoms with Gasteiger partial charge < -0.3 is 19.5 Å². The minimum atomic E-state index is -0.625. The number of esters is 1. The molecule has 8 nitrogen and oxygen atoms in total. The molecular formula is C26H31N3O5. The smallest absolute Gasteiger partial charge is 0.338 e. The number of amides is 1. The third-order valence-electron chi connectivity index (χ3n) is 4.94. The van der Waals surface area contributed by atoms with Crippen molar-refractivity contribution < 1.29 is 23.8 Å². The molecule has 1 amide bonds. The summed E-state index contributed by atoms with van der Waals surface area (Å²) in [5.41, 5.74) is 3.20. The van der Waals surface area contributed by atoms with E-state index >= 15 is 0 Å². The molecule has 2 aromatic carbocycles. The highest BCUT2D eigenvalue weighted by atomic mass is 16.5. The van der Waals surface area contributed by atoms with Gasteiger partial charge in [-0.05, 0) is 57.0 Å². The predicted molar refractivity (Wildman–Crippen MR) is 130 cm³/mol. The third-order valence-corrected chi connectivity index (χ3v) is 4.94. The van der Waals surface area contributed by atoms with Crippen LogP contribution in [-0.4, -0.2) is 41.5 Å². The lowest BCUT2D eigenvalue weighted by Crippen LogP contribution is -2.21. The number of nitrogens with zero attached hydrogens (tertiary/aromatic N) is 2. The second kappa shape index (κ2) is 11.4. The maximum atomic E-state index is 12.5. The van der Waals surface area contributed by atoms with Gasteiger partial charge in [-0.1, -0.05) is 32.0 Å². The summed E-state index contributed by atoms with van der Waals surface area (Å²) in [6.07, 6.45) is 0. The Morgan fingerprint density at radius 1 is 1.03 bits per heavy atom. The number of rotatable bonds is 10. The number of carbonyl (C=O) groups is 2. The summed E-state index contributed by atoms with van der Waals surface area (Å²) in [5.74, 6) is 0.298. The average molecular weight is 466 g/mol. The number of hydrogen-bond acceptors (Lipinski definition) is 6. The van der Waals surface area contributed by atoms with E-state index in [9.17, 15) is 9.59 Å². The second-order valence-corrected chi connectivity index (χ2v) is 8.22. The Kier molecular flexibility index (Phi) is 8.29. The quantitative estimate of drug-likeness (QED) is 0.436. The number of benzene rings is 2. The number of para-hydroxylation sites is 1. The standard InChI is InChI=1S/C26H31N3O5/c1-6-32-23-14-20(12-13-22(23)33-15-17(2)3)26(31)34-16-24(30)27-25-18(4)28-29(19(25)5)21-10-8-7-9-11-21/h7-14,17H,6,15-16H2,1-5H3,(H,27,30). The Hall–Kier alpha value is -3.81. The molecule has 1 aromatic heterocycles. The SMILES string of the molecule is CCOc1cc(C(=O)OCC(=O)Nc2c(C)nn(-c3ccccc3)c2C)ccc1OCC(C)C. The topological polar surface area (TPSA) is 91.7 Å². The fourth-order valence-corrected chi connectivity index (χ4v) is 3.31. The highest BCUT2D eigenvalue weighted by Gasteiger charge is 2.18. The number of hydrogen-bond donors (Lipinski definition) is 1. The van der Waals surface area contributed by atoms with Crippen LogP contribution in [0.1, 0.15) is 42.5 Å². The van der Waals surface area contributed by atoms with E-state index in [1.54, 1.807) is 22.9 Å². The lowest BCUT2D eigenvalue weighted by Gasteiger charge is -2.14. The molecule has 0 aliphatic heterocycles. The Morgan fingerprint density at radius 3 is 2.44 bits per heavy atom. The van der Waals surface area contributed by atoms with Gasteiger partial charge in [0.05, 0.1) is 41.5 Å². The summed E-state index contributed by atoms with van der Waals surface area (Å²) in [4.78, 5) is 25.0. The van der Waals surface area contributed by atoms with Crippen molar-refractivity contribution in [2.45, 2.75) is 34.6 Å². The maximum absolute atomic E-state index is 12.5. The van der Waals surface area contributed by atoms with Gasteiger partial charge in [0.25, 0.3) is 5.91 Å². The van der Waals surface area contributed by atoms with Crippen LogP contribution in [0.4, 0.5) is 5.69 Å². The molecule has 8 heteroatoms. The van der Waals surface area contributed by atoms with Gasteiger partial charge in [0.2, 0.25) is 0 Å². The molecule has 0 saturated carbocycles. The number of nitrogens with one attached hydrogen (secondary N) is 1. The van der Waals surface area contributed by atoms with Crippen molar-refractivity contribution in [2.75, 3.05) is 25.1 Å². The molecule has 1 N–H and O–H groups in total. The molecular weight excluding hydrogens is 434 g/mol. The number of ether oxygens (including phenoxy) is 3. The van der Waals surface area contributed by atoms with Crippen molar-refractivity contribution in [3.8, 4) is 17.2 Å². The van der Waals surface area contributed by atoms with Gasteiger partial charge in [-0.3, -0.25) is 4.79 Å². The van der Waals surface area contributed by atoms with E-state index in [2.05, 4.69) is 10.4 Å². The van der Waals surface area contributed by atoms with Crippen LogP contribution in [0.15, 0.2) is 48.5 Å². The molecule has 0 fully saturated rings. The zero-order chi connectivity index (χ0) is 24.7. The summed E-state index contributed by atoms with van der Waals surface area (Å²) in [5, 5.41) is 7.31. The minimum absolute atomic E-state index is 0.275. The molecule has 0 radical (unpaired) electrons. The van der Waals surface area contributed by atoms with Gasteiger partial charge in [0, 0.05) is 0 Å². The molecule has 0 aliphatic rings. The van der Waals surface area contributed by atoms with Crippen molar-refractivity contribution in [3.63, 3.8) is 0 Å². The molecule has 0 atom stereocenters. The first-order valence-corrected chi connectivity index (χ1v) is 11.3. The molecule has 0 unspecified atom stereocenters. The molecule has 0 spiro atoms. The molecule has 0 bridgehead atoms. The minimum Gasteiger partial charge on any atom is -0.490 e. The van der Waals surface area contributed by atoms with Crippen molar-refractivity contribution in [3.05, 3.63) is 65.5 Å². The second-order valence-electron chi connectivity index (χ2n) is 8.22. The van der Waals surface area contributed by atoms with Crippen LogP contribution in [0.3, 0.4) is 0 Å². The highest BCUT2D eigenvalue weighted by molar-refractivity contribution is 5.96. The summed E-state index contributed by atoms with van der Waals surface area (Å²) in [6.45, 7) is 10.2. The van der Waals surface area contributed by atoms with Crippen LogP contribution >= 0.6 is 0 Å². The van der Waals surface area contributed by atoms with Gasteiger partial charge in [-0.2, -0.15) is 5.10 Å². The average Bonchev–Trinajstić information content (AvgIpc) is 3.10. The fraction of sp³-hybridized carbons (Fsp3) is 0.346. The summed E-state index contributed by atoms with van der Waals surface area (Å²) in [6, 6.07) is 14.5. The van der Waals surface area contributed by atoms with E-state index in [1.807, 2.05) is 65.0 Å². The Morgan fingerprint density at radius 2 is 1.76 bits per heavy atom. The Balaban J connectivity index is 1.64. The first-order chi connectivity index (χ1) is 16.3. The van der Waals surface area contributed by atoms with Crippen LogP contribution in [-0.2, 0) is 9.53 Å². The van der Waals surface area contributed by atoms with Crippen LogP contribution < -0.4 is 14.8 Å². The van der Waals surface area contributed by atoms with Crippen molar-refractivity contribution in [2.24, 2.45) is 5.92 Å². The first-order valence-electron chi connectivity index (χ1n) is 11.3. The molecule has 1 heterocycles. The zero-order valence-electron chi connectivity index (χ0n) is 20.3. The molecule has 34 heavy (non-hydrogen) atoms. The lowest BCUT2D eigenvalue weighted by atomic mass is 10.2. The lowest BCUT2D eigenvalue weighted by molar-refractivity contribution is -0.119. The van der Waals surface area contributed by atoms with Crippen molar-refractivity contribution in [1.82, 2.24) is 9.78 Å². The highest BCUT2D eigenvalue weighted by Crippen LogP contribution is 2.29. The number of aryl methyl sites for hydroxylation is 1. The van der Waals surface area contributed by atoms with E-state index < -0.39 is 18.5 Å². The Labute approximate surface area is 199 Å². The summed E-state index contributed by atoms with van der Waals surface area (Å²) >= 11 is 0. The van der Waals surface area contributed by atoms with Gasteiger partial charge >= 0.3 is 5.97 Å². The van der Waals surface area contributed by atoms with Crippen molar-refractivity contribution >= 4 is 17.6 Å². The van der Waals surface area contributed by atoms with E-state index in [0.29, 0.717) is 42.0 Å². The third kappa shape index (κ3) is 6.15. The van der Waals surface area contributed by atoms with Gasteiger partial charge in [-0.25, -0.2) is 9.48 Å².